The molecule has 0 aliphatic heterocycles. The normalized spacial score (nSPS) is 15.4. The van der Waals surface area contributed by atoms with Crippen molar-refractivity contribution in [2.24, 2.45) is 0 Å². The van der Waals surface area contributed by atoms with Gasteiger partial charge in [-0.1, -0.05) is 34.7 Å². The molecule has 1 unspecified atom stereocenters. The first-order chi connectivity index (χ1) is 6.12. The van der Waals surface area contributed by atoms with E-state index in [2.05, 4.69) is 22.6 Å². The van der Waals surface area contributed by atoms with Crippen LogP contribution < -0.4 is 0 Å². The lowest BCUT2D eigenvalue weighted by Gasteiger charge is -2.26. The van der Waals surface area contributed by atoms with Crippen LogP contribution in [0.25, 0.3) is 0 Å². The monoisotopic (exact) mass is 294 g/mol. The number of halogens is 2. The summed E-state index contributed by atoms with van der Waals surface area (Å²) in [6.45, 7) is 1.99. The van der Waals surface area contributed by atoms with Gasteiger partial charge in [0.1, 0.15) is 5.82 Å². The molecule has 1 atom stereocenters. The van der Waals surface area contributed by atoms with E-state index in [0.29, 0.717) is 0 Å². The maximum absolute atomic E-state index is 12.6. The van der Waals surface area contributed by atoms with Crippen molar-refractivity contribution in [2.45, 2.75) is 12.5 Å². The van der Waals surface area contributed by atoms with Gasteiger partial charge in [0, 0.05) is 11.5 Å². The van der Waals surface area contributed by atoms with E-state index in [0.717, 1.165) is 9.99 Å². The van der Waals surface area contributed by atoms with Gasteiger partial charge in [-0.25, -0.2) is 4.39 Å². The summed E-state index contributed by atoms with van der Waals surface area (Å²) in [6.07, 6.45) is 0. The fourth-order valence-electron chi connectivity index (χ4n) is 1.05. The van der Waals surface area contributed by atoms with E-state index >= 15 is 0 Å². The lowest BCUT2D eigenvalue weighted by molar-refractivity contribution is 0.0263. The number of alkyl halides is 1. The molecule has 1 aromatic rings. The minimum absolute atomic E-state index is 0.212. The summed E-state index contributed by atoms with van der Waals surface area (Å²) in [5, 5.41) is 0. The predicted molar refractivity (Wildman–Crippen MR) is 59.6 cm³/mol. The van der Waals surface area contributed by atoms with Crippen LogP contribution in [0.4, 0.5) is 4.39 Å². The summed E-state index contributed by atoms with van der Waals surface area (Å²) in [7, 11) is 1.67. The Hall–Kier alpha value is -0.160. The van der Waals surface area contributed by atoms with Gasteiger partial charge in [0.05, 0.1) is 5.60 Å². The Morgan fingerprint density at radius 1 is 1.38 bits per heavy atom. The van der Waals surface area contributed by atoms with Crippen LogP contribution in [0.1, 0.15) is 12.5 Å². The first-order valence-electron chi connectivity index (χ1n) is 3.99. The molecule has 0 aromatic heterocycles. The number of ether oxygens (including phenoxy) is 1. The summed E-state index contributed by atoms with van der Waals surface area (Å²) < 4.78 is 18.9. The third-order valence-corrected chi connectivity index (χ3v) is 3.62. The smallest absolute Gasteiger partial charge is 0.123 e. The average Bonchev–Trinajstić information content (AvgIpc) is 2.18. The van der Waals surface area contributed by atoms with E-state index < -0.39 is 0 Å². The van der Waals surface area contributed by atoms with Crippen molar-refractivity contribution in [2.75, 3.05) is 11.5 Å². The molecule has 1 nitrogen and oxygen atoms in total. The topological polar surface area (TPSA) is 9.23 Å². The van der Waals surface area contributed by atoms with Crippen LogP contribution in [0.2, 0.25) is 0 Å². The highest BCUT2D eigenvalue weighted by Gasteiger charge is 2.24. The first-order valence-corrected chi connectivity index (χ1v) is 5.52. The number of rotatable bonds is 3. The maximum Gasteiger partial charge on any atom is 0.123 e. The van der Waals surface area contributed by atoms with Gasteiger partial charge in [-0.2, -0.15) is 0 Å². The third-order valence-electron chi connectivity index (χ3n) is 2.16. The maximum atomic E-state index is 12.6. The van der Waals surface area contributed by atoms with Crippen molar-refractivity contribution in [3.63, 3.8) is 0 Å². The first kappa shape index (κ1) is 10.9. The number of benzene rings is 1. The van der Waals surface area contributed by atoms with Gasteiger partial charge in [-0.3, -0.25) is 0 Å². The zero-order valence-corrected chi connectivity index (χ0v) is 9.84. The lowest BCUT2D eigenvalue weighted by atomic mass is 9.98. The van der Waals surface area contributed by atoms with E-state index in [1.165, 1.54) is 12.1 Å². The Kier molecular flexibility index (Phi) is 3.67. The molecule has 0 aliphatic carbocycles. The van der Waals surface area contributed by atoms with Gasteiger partial charge < -0.3 is 4.74 Å². The Labute approximate surface area is 91.4 Å². The molecule has 0 N–H and O–H groups in total. The Bertz CT molecular complexity index is 267. The quantitative estimate of drug-likeness (QED) is 0.615. The standard InChI is InChI=1S/C10H12FIO/c1-10(7-12,13-2)8-3-5-9(11)6-4-8/h3-6H,7H2,1-2H3. The molecule has 0 fully saturated rings. The van der Waals surface area contributed by atoms with Gasteiger partial charge in [0.25, 0.3) is 0 Å². The van der Waals surface area contributed by atoms with Crippen LogP contribution in [0, 0.1) is 5.82 Å². The van der Waals surface area contributed by atoms with Crippen LogP contribution in [-0.2, 0) is 10.3 Å². The van der Waals surface area contributed by atoms with Gasteiger partial charge in [0.2, 0.25) is 0 Å². The fourth-order valence-corrected chi connectivity index (χ4v) is 1.80. The average molecular weight is 294 g/mol. The van der Waals surface area contributed by atoms with Gasteiger partial charge in [0.15, 0.2) is 0 Å². The van der Waals surface area contributed by atoms with E-state index in [9.17, 15) is 4.39 Å². The van der Waals surface area contributed by atoms with Crippen LogP contribution in [0.15, 0.2) is 24.3 Å². The molecule has 0 heterocycles. The van der Waals surface area contributed by atoms with Gasteiger partial charge in [-0.05, 0) is 24.6 Å². The predicted octanol–water partition coefficient (Wildman–Crippen LogP) is 3.12. The van der Waals surface area contributed by atoms with Crippen LogP contribution in [0.5, 0.6) is 0 Å². The molecule has 0 saturated heterocycles. The number of hydrogen-bond donors (Lipinski definition) is 0. The van der Waals surface area contributed by atoms with Crippen LogP contribution in [-0.4, -0.2) is 11.5 Å². The minimum atomic E-state index is -0.311. The molecule has 1 aromatic carbocycles. The summed E-state index contributed by atoms with van der Waals surface area (Å²) in [5.41, 5.74) is 0.694. The molecular weight excluding hydrogens is 282 g/mol. The minimum Gasteiger partial charge on any atom is -0.373 e. The summed E-state index contributed by atoms with van der Waals surface area (Å²) in [5.74, 6) is -0.212. The molecule has 0 spiro atoms. The summed E-state index contributed by atoms with van der Waals surface area (Å²) in [6, 6.07) is 6.44. The largest absolute Gasteiger partial charge is 0.373 e. The van der Waals surface area contributed by atoms with E-state index in [1.807, 2.05) is 6.92 Å². The molecule has 1 rings (SSSR count). The van der Waals surface area contributed by atoms with Crippen molar-refractivity contribution in [3.8, 4) is 0 Å². The van der Waals surface area contributed by atoms with Crippen LogP contribution >= 0.6 is 22.6 Å². The van der Waals surface area contributed by atoms with Crippen molar-refractivity contribution >= 4 is 22.6 Å². The Balaban J connectivity index is 2.99. The molecule has 0 bridgehead atoms. The Morgan fingerprint density at radius 3 is 2.31 bits per heavy atom. The molecule has 0 radical (unpaired) electrons. The molecule has 0 amide bonds. The number of hydrogen-bond acceptors (Lipinski definition) is 1. The highest BCUT2D eigenvalue weighted by Crippen LogP contribution is 2.26. The SMILES string of the molecule is COC(C)(CI)c1ccc(F)cc1. The van der Waals surface area contributed by atoms with E-state index in [1.54, 1.807) is 19.2 Å². The molecule has 72 valence electrons. The fraction of sp³-hybridized carbons (Fsp3) is 0.400. The third kappa shape index (κ3) is 2.40. The second-order valence-electron chi connectivity index (χ2n) is 3.08. The number of methoxy groups -OCH3 is 1. The van der Waals surface area contributed by atoms with E-state index in [-0.39, 0.29) is 11.4 Å². The Morgan fingerprint density at radius 2 is 1.92 bits per heavy atom. The molecular formula is C10H12FIO. The highest BCUT2D eigenvalue weighted by molar-refractivity contribution is 14.1. The second-order valence-corrected chi connectivity index (χ2v) is 3.84. The molecule has 0 saturated carbocycles. The highest BCUT2D eigenvalue weighted by atomic mass is 127. The van der Waals surface area contributed by atoms with Crippen LogP contribution in [0.3, 0.4) is 0 Å². The van der Waals surface area contributed by atoms with Gasteiger partial charge >= 0.3 is 0 Å². The lowest BCUT2D eigenvalue weighted by Crippen LogP contribution is -2.25. The van der Waals surface area contributed by atoms with Crippen molar-refractivity contribution in [1.29, 1.82) is 0 Å². The van der Waals surface area contributed by atoms with Gasteiger partial charge in [-0.15, -0.1) is 0 Å². The molecule has 3 heteroatoms. The van der Waals surface area contributed by atoms with Crippen molar-refractivity contribution in [3.05, 3.63) is 35.6 Å². The van der Waals surface area contributed by atoms with Crippen molar-refractivity contribution < 1.29 is 9.13 Å². The second kappa shape index (κ2) is 4.37. The van der Waals surface area contributed by atoms with E-state index in [4.69, 9.17) is 4.74 Å². The molecule has 13 heavy (non-hydrogen) atoms. The zero-order valence-electron chi connectivity index (χ0n) is 7.68. The van der Waals surface area contributed by atoms with Crippen molar-refractivity contribution in [1.82, 2.24) is 0 Å². The molecule has 0 aliphatic rings. The zero-order chi connectivity index (χ0) is 9.90. The summed E-state index contributed by atoms with van der Waals surface area (Å²) >= 11 is 2.26. The summed E-state index contributed by atoms with van der Waals surface area (Å²) in [4.78, 5) is 0.